The number of aryl methyl sites for hydroxylation is 1. The number of carboxylic acid groups (broad SMARTS) is 1. The zero-order valence-electron chi connectivity index (χ0n) is 9.69. The van der Waals surface area contributed by atoms with Gasteiger partial charge in [0.15, 0.2) is 0 Å². The predicted octanol–water partition coefficient (Wildman–Crippen LogP) is 3.23. The highest BCUT2D eigenvalue weighted by molar-refractivity contribution is 6.04. The van der Waals surface area contributed by atoms with E-state index in [1.165, 1.54) is 0 Å². The van der Waals surface area contributed by atoms with Crippen molar-refractivity contribution in [1.82, 2.24) is 4.57 Å². The van der Waals surface area contributed by atoms with E-state index < -0.39 is 5.97 Å². The molecule has 16 heavy (non-hydrogen) atoms. The quantitative estimate of drug-likeness (QED) is 0.839. The van der Waals surface area contributed by atoms with Gasteiger partial charge in [0.05, 0.1) is 11.1 Å². The second-order valence-corrected chi connectivity index (χ2v) is 4.32. The molecule has 0 radical (unpaired) electrons. The molecule has 3 heteroatoms. The Morgan fingerprint density at radius 2 is 2.06 bits per heavy atom. The van der Waals surface area contributed by atoms with Crippen molar-refractivity contribution < 1.29 is 9.90 Å². The number of carbonyl (C=O) groups is 1. The third-order valence-electron chi connectivity index (χ3n) is 2.84. The number of para-hydroxylation sites is 1. The van der Waals surface area contributed by atoms with Crippen molar-refractivity contribution in [1.29, 1.82) is 0 Å². The summed E-state index contributed by atoms with van der Waals surface area (Å²) in [6.45, 7) is 6.11. The minimum Gasteiger partial charge on any atom is -0.478 e. The number of benzene rings is 1. The van der Waals surface area contributed by atoms with Crippen molar-refractivity contribution in [3.05, 3.63) is 35.5 Å². The van der Waals surface area contributed by atoms with Crippen LogP contribution in [0.1, 0.15) is 35.8 Å². The molecule has 0 fully saturated rings. The Bertz CT molecular complexity index is 552. The first kappa shape index (κ1) is 10.7. The van der Waals surface area contributed by atoms with Crippen LogP contribution in [0, 0.1) is 6.92 Å². The van der Waals surface area contributed by atoms with Crippen molar-refractivity contribution in [2.75, 3.05) is 0 Å². The highest BCUT2D eigenvalue weighted by Gasteiger charge is 2.16. The fraction of sp³-hybridized carbons (Fsp3) is 0.308. The summed E-state index contributed by atoms with van der Waals surface area (Å²) in [5.74, 6) is -0.866. The van der Waals surface area contributed by atoms with Crippen LogP contribution in [-0.4, -0.2) is 15.6 Å². The van der Waals surface area contributed by atoms with Gasteiger partial charge in [-0.05, 0) is 26.3 Å². The molecule has 1 aromatic heterocycles. The number of hydrogen-bond acceptors (Lipinski definition) is 1. The zero-order chi connectivity index (χ0) is 11.9. The molecule has 84 valence electrons. The zero-order valence-corrected chi connectivity index (χ0v) is 9.69. The molecular formula is C13H15NO2. The van der Waals surface area contributed by atoms with Gasteiger partial charge in [0, 0.05) is 17.6 Å². The molecule has 0 aliphatic rings. The first-order valence-electron chi connectivity index (χ1n) is 5.36. The van der Waals surface area contributed by atoms with E-state index >= 15 is 0 Å². The summed E-state index contributed by atoms with van der Waals surface area (Å²) < 4.78 is 2.02. The highest BCUT2D eigenvalue weighted by Crippen LogP contribution is 2.27. The summed E-state index contributed by atoms with van der Waals surface area (Å²) in [6, 6.07) is 6.03. The van der Waals surface area contributed by atoms with Crippen LogP contribution in [0.3, 0.4) is 0 Å². The fourth-order valence-corrected chi connectivity index (χ4v) is 2.07. The first-order valence-corrected chi connectivity index (χ1v) is 5.36. The van der Waals surface area contributed by atoms with Gasteiger partial charge in [-0.25, -0.2) is 4.79 Å². The lowest BCUT2D eigenvalue weighted by molar-refractivity contribution is 0.0699. The maximum Gasteiger partial charge on any atom is 0.337 e. The van der Waals surface area contributed by atoms with Crippen LogP contribution >= 0.6 is 0 Å². The summed E-state index contributed by atoms with van der Waals surface area (Å²) >= 11 is 0. The van der Waals surface area contributed by atoms with Gasteiger partial charge < -0.3 is 9.67 Å². The molecule has 0 aliphatic carbocycles. The second-order valence-electron chi connectivity index (χ2n) is 4.32. The largest absolute Gasteiger partial charge is 0.478 e. The fourth-order valence-electron chi connectivity index (χ4n) is 2.07. The molecule has 0 aliphatic heterocycles. The maximum absolute atomic E-state index is 11.1. The Morgan fingerprint density at radius 3 is 2.62 bits per heavy atom. The van der Waals surface area contributed by atoms with Gasteiger partial charge in [-0.2, -0.15) is 0 Å². The maximum atomic E-state index is 11.1. The first-order chi connectivity index (χ1) is 7.52. The molecule has 1 heterocycles. The molecule has 1 aromatic carbocycles. The van der Waals surface area contributed by atoms with Crippen LogP contribution < -0.4 is 0 Å². The van der Waals surface area contributed by atoms with Crippen LogP contribution in [-0.2, 0) is 0 Å². The lowest BCUT2D eigenvalue weighted by Gasteiger charge is -2.10. The van der Waals surface area contributed by atoms with Crippen molar-refractivity contribution in [3.8, 4) is 0 Å². The molecule has 1 N–H and O–H groups in total. The van der Waals surface area contributed by atoms with Crippen LogP contribution in [0.25, 0.3) is 10.9 Å². The number of nitrogens with zero attached hydrogens (tertiary/aromatic N) is 1. The molecule has 2 aromatic rings. The highest BCUT2D eigenvalue weighted by atomic mass is 16.4. The number of fused-ring (bicyclic) bond motifs is 1. The minimum atomic E-state index is -0.866. The van der Waals surface area contributed by atoms with Crippen LogP contribution in [0.2, 0.25) is 0 Å². The van der Waals surface area contributed by atoms with Gasteiger partial charge in [0.2, 0.25) is 0 Å². The average Bonchev–Trinajstić information content (AvgIpc) is 2.58. The van der Waals surface area contributed by atoms with Gasteiger partial charge in [-0.15, -0.1) is 0 Å². The Hall–Kier alpha value is -1.77. The van der Waals surface area contributed by atoms with E-state index in [0.29, 0.717) is 5.56 Å². The summed E-state index contributed by atoms with van der Waals surface area (Å²) in [5, 5.41) is 9.98. The Labute approximate surface area is 94.3 Å². The van der Waals surface area contributed by atoms with E-state index in [1.807, 2.05) is 29.7 Å². The van der Waals surface area contributed by atoms with Gasteiger partial charge in [-0.1, -0.05) is 18.2 Å². The van der Waals surface area contributed by atoms with Gasteiger partial charge in [0.25, 0.3) is 0 Å². The molecular weight excluding hydrogens is 202 g/mol. The SMILES string of the molecule is Cc1cccc2c(C(=O)O)cn(C(C)C)c12. The van der Waals surface area contributed by atoms with Crippen LogP contribution in [0.15, 0.2) is 24.4 Å². The second kappa shape index (κ2) is 3.67. The molecule has 0 unspecified atom stereocenters. The van der Waals surface area contributed by atoms with E-state index in [2.05, 4.69) is 13.8 Å². The molecule has 0 saturated heterocycles. The van der Waals surface area contributed by atoms with Gasteiger partial charge in [-0.3, -0.25) is 0 Å². The van der Waals surface area contributed by atoms with E-state index in [-0.39, 0.29) is 6.04 Å². The smallest absolute Gasteiger partial charge is 0.337 e. The number of rotatable bonds is 2. The standard InChI is InChI=1S/C13H15NO2/c1-8(2)14-7-11(13(15)16)10-6-4-5-9(3)12(10)14/h4-8H,1-3H3,(H,15,16). The summed E-state index contributed by atoms with van der Waals surface area (Å²) in [6.07, 6.45) is 1.73. The van der Waals surface area contributed by atoms with E-state index in [4.69, 9.17) is 5.11 Å². The lowest BCUT2D eigenvalue weighted by Crippen LogP contribution is -1.99. The molecule has 0 bridgehead atoms. The Kier molecular flexibility index (Phi) is 2.46. The van der Waals surface area contributed by atoms with Gasteiger partial charge >= 0.3 is 5.97 Å². The molecule has 0 atom stereocenters. The summed E-state index contributed by atoms with van der Waals surface area (Å²) in [4.78, 5) is 11.1. The van der Waals surface area contributed by atoms with Crippen molar-refractivity contribution in [2.45, 2.75) is 26.8 Å². The number of hydrogen-bond donors (Lipinski definition) is 1. The van der Waals surface area contributed by atoms with Gasteiger partial charge in [0.1, 0.15) is 0 Å². The molecule has 0 amide bonds. The molecule has 3 nitrogen and oxygen atoms in total. The lowest BCUT2D eigenvalue weighted by atomic mass is 10.1. The van der Waals surface area contributed by atoms with E-state index in [9.17, 15) is 4.79 Å². The predicted molar refractivity (Wildman–Crippen MR) is 64.0 cm³/mol. The van der Waals surface area contributed by atoms with Crippen LogP contribution in [0.4, 0.5) is 0 Å². The molecule has 2 rings (SSSR count). The Morgan fingerprint density at radius 1 is 1.38 bits per heavy atom. The number of aromatic carboxylic acids is 1. The molecule has 0 spiro atoms. The molecule has 0 saturated carbocycles. The third-order valence-corrected chi connectivity index (χ3v) is 2.84. The van der Waals surface area contributed by atoms with Crippen molar-refractivity contribution in [3.63, 3.8) is 0 Å². The average molecular weight is 217 g/mol. The van der Waals surface area contributed by atoms with E-state index in [0.717, 1.165) is 16.5 Å². The third kappa shape index (κ3) is 1.48. The van der Waals surface area contributed by atoms with E-state index in [1.54, 1.807) is 6.20 Å². The van der Waals surface area contributed by atoms with Crippen molar-refractivity contribution >= 4 is 16.9 Å². The number of carboxylic acids is 1. The Balaban J connectivity index is 2.87. The van der Waals surface area contributed by atoms with Crippen molar-refractivity contribution in [2.24, 2.45) is 0 Å². The summed E-state index contributed by atoms with van der Waals surface area (Å²) in [7, 11) is 0. The number of aromatic nitrogens is 1. The monoisotopic (exact) mass is 217 g/mol. The summed E-state index contributed by atoms with van der Waals surface area (Å²) in [5.41, 5.74) is 2.51. The van der Waals surface area contributed by atoms with Crippen LogP contribution in [0.5, 0.6) is 0 Å². The minimum absolute atomic E-state index is 0.261. The topological polar surface area (TPSA) is 42.2 Å². The normalized spacial score (nSPS) is 11.2.